The summed E-state index contributed by atoms with van der Waals surface area (Å²) in [5, 5.41) is 30.8. The predicted octanol–water partition coefficient (Wildman–Crippen LogP) is -0.335. The van der Waals surface area contributed by atoms with E-state index in [4.69, 9.17) is 4.74 Å². The van der Waals surface area contributed by atoms with Gasteiger partial charge in [0.15, 0.2) is 14.8 Å². The van der Waals surface area contributed by atoms with Crippen LogP contribution in [0.25, 0.3) is 0 Å². The molecule has 0 aromatic carbocycles. The summed E-state index contributed by atoms with van der Waals surface area (Å²) in [5.74, 6) is -0.953. The lowest BCUT2D eigenvalue weighted by Gasteiger charge is -2.53. The van der Waals surface area contributed by atoms with Crippen LogP contribution in [-0.4, -0.2) is 58.3 Å². The normalized spacial score (nSPS) is 47.8. The van der Waals surface area contributed by atoms with Crippen LogP contribution in [0.4, 0.5) is 0 Å². The van der Waals surface area contributed by atoms with Gasteiger partial charge in [0.05, 0.1) is 5.75 Å². The van der Waals surface area contributed by atoms with Gasteiger partial charge in [-0.15, -0.1) is 0 Å². The van der Waals surface area contributed by atoms with Gasteiger partial charge in [-0.05, 0) is 11.3 Å². The molecule has 2 aliphatic rings. The zero-order chi connectivity index (χ0) is 15.7. The van der Waals surface area contributed by atoms with Crippen LogP contribution in [-0.2, 0) is 14.6 Å². The van der Waals surface area contributed by atoms with Crippen molar-refractivity contribution in [2.45, 2.75) is 63.5 Å². The number of sulfone groups is 1. The summed E-state index contributed by atoms with van der Waals surface area (Å²) >= 11 is 0. The highest BCUT2D eigenvalue weighted by Gasteiger charge is 2.76. The Bertz CT molecular complexity index is 507. The highest BCUT2D eigenvalue weighted by atomic mass is 32.2. The van der Waals surface area contributed by atoms with Gasteiger partial charge in [0.2, 0.25) is 0 Å². The minimum atomic E-state index is -3.83. The number of ether oxygens (including phenoxy) is 1. The van der Waals surface area contributed by atoms with E-state index < -0.39 is 55.8 Å². The van der Waals surface area contributed by atoms with E-state index in [0.717, 1.165) is 0 Å². The van der Waals surface area contributed by atoms with Gasteiger partial charge in [-0.3, -0.25) is 0 Å². The summed E-state index contributed by atoms with van der Waals surface area (Å²) in [4.78, 5) is -1.86. The molecule has 0 amide bonds. The molecule has 2 bridgehead atoms. The van der Waals surface area contributed by atoms with Gasteiger partial charge in [0.1, 0.15) is 23.9 Å². The Balaban J connectivity index is 2.73. The van der Waals surface area contributed by atoms with Crippen LogP contribution in [0.15, 0.2) is 0 Å². The van der Waals surface area contributed by atoms with Gasteiger partial charge in [-0.25, -0.2) is 8.42 Å². The van der Waals surface area contributed by atoms with Crippen LogP contribution in [0.2, 0.25) is 0 Å². The number of aliphatic hydroxyl groups is 3. The zero-order valence-electron chi connectivity index (χ0n) is 12.5. The maximum Gasteiger partial charge on any atom is 0.200 e. The molecule has 6 nitrogen and oxygen atoms in total. The third kappa shape index (κ3) is 1.61. The summed E-state index contributed by atoms with van der Waals surface area (Å²) in [6.45, 7) is 8.53. The van der Waals surface area contributed by atoms with Crippen molar-refractivity contribution in [2.75, 3.05) is 5.75 Å². The van der Waals surface area contributed by atoms with E-state index in [-0.39, 0.29) is 0 Å². The van der Waals surface area contributed by atoms with Crippen molar-refractivity contribution in [1.29, 1.82) is 0 Å². The van der Waals surface area contributed by atoms with Gasteiger partial charge < -0.3 is 20.1 Å². The molecule has 7 heteroatoms. The lowest BCUT2D eigenvalue weighted by Crippen LogP contribution is -2.70. The molecule has 2 aliphatic heterocycles. The Hall–Kier alpha value is -0.210. The molecule has 5 atom stereocenters. The average Bonchev–Trinajstić information content (AvgIpc) is 2.52. The summed E-state index contributed by atoms with van der Waals surface area (Å²) in [6, 6.07) is 0. The first-order chi connectivity index (χ1) is 8.83. The Morgan fingerprint density at radius 2 is 1.65 bits per heavy atom. The largest absolute Gasteiger partial charge is 0.387 e. The van der Waals surface area contributed by atoms with Crippen LogP contribution in [0.5, 0.6) is 0 Å². The van der Waals surface area contributed by atoms with Gasteiger partial charge in [0.25, 0.3) is 0 Å². The van der Waals surface area contributed by atoms with E-state index >= 15 is 0 Å². The van der Waals surface area contributed by atoms with Gasteiger partial charge >= 0.3 is 0 Å². The van der Waals surface area contributed by atoms with E-state index in [1.807, 2.05) is 0 Å². The summed E-state index contributed by atoms with van der Waals surface area (Å²) in [7, 11) is -3.83. The fourth-order valence-corrected chi connectivity index (χ4v) is 6.44. The van der Waals surface area contributed by atoms with Crippen LogP contribution < -0.4 is 0 Å². The minimum Gasteiger partial charge on any atom is -0.387 e. The van der Waals surface area contributed by atoms with Gasteiger partial charge in [-0.2, -0.15) is 0 Å². The van der Waals surface area contributed by atoms with Crippen LogP contribution in [0.1, 0.15) is 34.6 Å². The van der Waals surface area contributed by atoms with Crippen molar-refractivity contribution < 1.29 is 28.5 Å². The molecule has 118 valence electrons. The maximum atomic E-state index is 12.7. The predicted molar refractivity (Wildman–Crippen MR) is 72.6 cm³/mol. The molecule has 0 aromatic rings. The molecule has 0 radical (unpaired) electrons. The number of hydrogen-bond donors (Lipinski definition) is 3. The molecule has 0 aromatic heterocycles. The molecular weight excluding hydrogens is 284 g/mol. The van der Waals surface area contributed by atoms with E-state index in [1.54, 1.807) is 34.6 Å². The highest BCUT2D eigenvalue weighted by Crippen LogP contribution is 2.56. The smallest absolute Gasteiger partial charge is 0.200 e. The second-order valence-electron chi connectivity index (χ2n) is 7.26. The first kappa shape index (κ1) is 16.2. The maximum absolute atomic E-state index is 12.7. The number of fused-ring (bicyclic) bond motifs is 2. The monoisotopic (exact) mass is 308 g/mol. The van der Waals surface area contributed by atoms with Crippen molar-refractivity contribution >= 4 is 9.84 Å². The van der Waals surface area contributed by atoms with Crippen molar-refractivity contribution in [3.05, 3.63) is 0 Å². The first-order valence-corrected chi connectivity index (χ1v) is 8.45. The standard InChI is InChI=1S/C13H24O6S/c1-7(2)13-10(16)8(14)9(15)12(19-13,11(3,4)5)6-20(13,17)18/h7-10,14-16H,6H2,1-5H3/t8-,9-,10+,12-,13+/m0/s1. The molecule has 0 unspecified atom stereocenters. The fraction of sp³-hybridized carbons (Fsp3) is 1.00. The minimum absolute atomic E-state index is 0.406. The second kappa shape index (κ2) is 4.16. The lowest BCUT2D eigenvalue weighted by atomic mass is 9.69. The highest BCUT2D eigenvalue weighted by molar-refractivity contribution is 7.93. The van der Waals surface area contributed by atoms with E-state index in [2.05, 4.69) is 0 Å². The Labute approximate surface area is 119 Å². The summed E-state index contributed by atoms with van der Waals surface area (Å²) in [6.07, 6.45) is -4.68. The molecule has 2 rings (SSSR count). The van der Waals surface area contributed by atoms with Crippen molar-refractivity contribution in [2.24, 2.45) is 11.3 Å². The zero-order valence-corrected chi connectivity index (χ0v) is 13.3. The van der Waals surface area contributed by atoms with Crippen LogP contribution in [0, 0.1) is 11.3 Å². The number of aliphatic hydroxyl groups excluding tert-OH is 3. The molecular formula is C13H24O6S. The molecule has 0 aliphatic carbocycles. The quantitative estimate of drug-likeness (QED) is 0.612. The van der Waals surface area contributed by atoms with Gasteiger partial charge in [0, 0.05) is 0 Å². The second-order valence-corrected chi connectivity index (χ2v) is 9.41. The SMILES string of the molecule is CC(C)[C@@]12O[C@@](C(C)(C)C)(CS1(=O)=O)[C@@H](O)[C@H](O)[C@H]2O. The molecule has 20 heavy (non-hydrogen) atoms. The topological polar surface area (TPSA) is 104 Å². The van der Waals surface area contributed by atoms with Crippen molar-refractivity contribution in [3.8, 4) is 0 Å². The van der Waals surface area contributed by atoms with Crippen LogP contribution >= 0.6 is 0 Å². The third-order valence-electron chi connectivity index (χ3n) is 4.84. The van der Waals surface area contributed by atoms with Crippen molar-refractivity contribution in [1.82, 2.24) is 0 Å². The number of rotatable bonds is 1. The Kier molecular flexibility index (Phi) is 3.37. The summed E-state index contributed by atoms with van der Waals surface area (Å²) in [5.41, 5.74) is -2.13. The Morgan fingerprint density at radius 1 is 1.15 bits per heavy atom. The molecule has 2 heterocycles. The van der Waals surface area contributed by atoms with E-state index in [1.165, 1.54) is 0 Å². The van der Waals surface area contributed by atoms with E-state index in [9.17, 15) is 23.7 Å². The Morgan fingerprint density at radius 3 is 2.05 bits per heavy atom. The lowest BCUT2D eigenvalue weighted by molar-refractivity contribution is -0.299. The van der Waals surface area contributed by atoms with E-state index in [0.29, 0.717) is 0 Å². The molecule has 0 spiro atoms. The molecule has 0 saturated carbocycles. The molecule has 2 fully saturated rings. The first-order valence-electron chi connectivity index (χ1n) is 6.80. The fourth-order valence-electron chi connectivity index (χ4n) is 3.48. The molecule has 3 N–H and O–H groups in total. The van der Waals surface area contributed by atoms with Crippen molar-refractivity contribution in [3.63, 3.8) is 0 Å². The third-order valence-corrected chi connectivity index (χ3v) is 7.42. The van der Waals surface area contributed by atoms with Gasteiger partial charge in [-0.1, -0.05) is 34.6 Å². The average molecular weight is 308 g/mol. The molecule has 2 saturated heterocycles. The number of hydrogen-bond acceptors (Lipinski definition) is 6. The summed E-state index contributed by atoms with van der Waals surface area (Å²) < 4.78 is 31.2. The van der Waals surface area contributed by atoms with Crippen LogP contribution in [0.3, 0.4) is 0 Å².